The lowest BCUT2D eigenvalue weighted by atomic mass is 9.88. The van der Waals surface area contributed by atoms with Crippen LogP contribution >= 0.6 is 0 Å². The third-order valence-electron chi connectivity index (χ3n) is 4.31. The highest BCUT2D eigenvalue weighted by atomic mass is 16.6. The molecule has 108 valence electrons. The lowest BCUT2D eigenvalue weighted by molar-refractivity contribution is 0.118. The van der Waals surface area contributed by atoms with Crippen LogP contribution < -0.4 is 10.1 Å². The molecule has 2 fully saturated rings. The maximum Gasteiger partial charge on any atom is 0.410 e. The van der Waals surface area contributed by atoms with Gasteiger partial charge in [-0.2, -0.15) is 0 Å². The lowest BCUT2D eigenvalue weighted by Crippen LogP contribution is -2.53. The van der Waals surface area contributed by atoms with E-state index in [9.17, 15) is 4.79 Å². The monoisotopic (exact) mass is 276 g/mol. The number of amides is 1. The largest absolute Gasteiger partial charge is 0.496 e. The van der Waals surface area contributed by atoms with Crippen molar-refractivity contribution in [2.24, 2.45) is 0 Å². The Labute approximate surface area is 118 Å². The maximum absolute atomic E-state index is 12.1. The van der Waals surface area contributed by atoms with Crippen LogP contribution in [0, 0.1) is 0 Å². The number of hydrogen-bond acceptors (Lipinski definition) is 4. The van der Waals surface area contributed by atoms with Crippen molar-refractivity contribution in [1.29, 1.82) is 0 Å². The van der Waals surface area contributed by atoms with Gasteiger partial charge in [-0.3, -0.25) is 4.90 Å². The third-order valence-corrected chi connectivity index (χ3v) is 4.31. The van der Waals surface area contributed by atoms with Crippen molar-refractivity contribution in [1.82, 2.24) is 10.2 Å². The minimum absolute atomic E-state index is 0.150. The standard InChI is InChI=1S/C15H20N2O3/c1-19-13-5-3-2-4-12(13)10-17-14(18)20-11-15(17)6-8-16-9-7-15/h2-5,16H,6-11H2,1H3. The summed E-state index contributed by atoms with van der Waals surface area (Å²) in [5, 5.41) is 3.34. The molecule has 3 rings (SSSR count). The number of carbonyl (C=O) groups excluding carboxylic acids is 1. The summed E-state index contributed by atoms with van der Waals surface area (Å²) in [7, 11) is 1.65. The van der Waals surface area contributed by atoms with Gasteiger partial charge in [0, 0.05) is 5.56 Å². The van der Waals surface area contributed by atoms with E-state index in [1.54, 1.807) is 7.11 Å². The number of piperidine rings is 1. The molecule has 1 N–H and O–H groups in total. The lowest BCUT2D eigenvalue weighted by Gasteiger charge is -2.39. The van der Waals surface area contributed by atoms with Crippen LogP contribution in [-0.2, 0) is 11.3 Å². The Kier molecular flexibility index (Phi) is 3.53. The molecule has 1 aromatic carbocycles. The van der Waals surface area contributed by atoms with Gasteiger partial charge in [-0.15, -0.1) is 0 Å². The van der Waals surface area contributed by atoms with E-state index in [0.717, 1.165) is 37.2 Å². The van der Waals surface area contributed by atoms with Gasteiger partial charge in [0.1, 0.15) is 12.4 Å². The summed E-state index contributed by atoms with van der Waals surface area (Å²) < 4.78 is 10.7. The molecule has 0 atom stereocenters. The Balaban J connectivity index is 1.85. The number of ether oxygens (including phenoxy) is 2. The number of benzene rings is 1. The van der Waals surface area contributed by atoms with Gasteiger partial charge in [0.05, 0.1) is 19.2 Å². The second-order valence-electron chi connectivity index (χ2n) is 5.43. The van der Waals surface area contributed by atoms with Crippen LogP contribution in [0.5, 0.6) is 5.75 Å². The fourth-order valence-corrected chi connectivity index (χ4v) is 3.09. The number of rotatable bonds is 3. The smallest absolute Gasteiger partial charge is 0.410 e. The molecule has 5 heteroatoms. The van der Waals surface area contributed by atoms with E-state index in [1.165, 1.54) is 0 Å². The molecule has 0 unspecified atom stereocenters. The van der Waals surface area contributed by atoms with Crippen LogP contribution in [-0.4, -0.2) is 43.3 Å². The van der Waals surface area contributed by atoms with Crippen molar-refractivity contribution < 1.29 is 14.3 Å². The van der Waals surface area contributed by atoms with E-state index in [4.69, 9.17) is 9.47 Å². The average Bonchev–Trinajstić information content (AvgIpc) is 2.78. The zero-order valence-corrected chi connectivity index (χ0v) is 11.7. The molecule has 2 saturated heterocycles. The van der Waals surface area contributed by atoms with Crippen molar-refractivity contribution in [2.45, 2.75) is 24.9 Å². The van der Waals surface area contributed by atoms with Crippen molar-refractivity contribution >= 4 is 6.09 Å². The minimum Gasteiger partial charge on any atom is -0.496 e. The van der Waals surface area contributed by atoms with Gasteiger partial charge in [0.15, 0.2) is 0 Å². The van der Waals surface area contributed by atoms with E-state index in [0.29, 0.717) is 13.2 Å². The van der Waals surface area contributed by atoms with Crippen LogP contribution in [0.15, 0.2) is 24.3 Å². The van der Waals surface area contributed by atoms with Crippen molar-refractivity contribution in [2.75, 3.05) is 26.8 Å². The van der Waals surface area contributed by atoms with Crippen LogP contribution in [0.3, 0.4) is 0 Å². The van der Waals surface area contributed by atoms with E-state index in [2.05, 4.69) is 5.32 Å². The fourth-order valence-electron chi connectivity index (χ4n) is 3.09. The normalized spacial score (nSPS) is 21.1. The summed E-state index contributed by atoms with van der Waals surface area (Å²) in [5.74, 6) is 0.816. The third kappa shape index (κ3) is 2.22. The molecule has 0 aliphatic carbocycles. The Morgan fingerprint density at radius 3 is 2.85 bits per heavy atom. The quantitative estimate of drug-likeness (QED) is 0.914. The van der Waals surface area contributed by atoms with Crippen molar-refractivity contribution in [3.05, 3.63) is 29.8 Å². The summed E-state index contributed by atoms with van der Waals surface area (Å²) >= 11 is 0. The SMILES string of the molecule is COc1ccccc1CN1C(=O)OCC12CCNCC2. The predicted molar refractivity (Wildman–Crippen MR) is 74.7 cm³/mol. The molecule has 20 heavy (non-hydrogen) atoms. The average molecular weight is 276 g/mol. The first kappa shape index (κ1) is 13.2. The van der Waals surface area contributed by atoms with Crippen LogP contribution in [0.1, 0.15) is 18.4 Å². The summed E-state index contributed by atoms with van der Waals surface area (Å²) in [6.45, 7) is 2.91. The van der Waals surface area contributed by atoms with E-state index in [1.807, 2.05) is 29.2 Å². The minimum atomic E-state index is -0.210. The molecule has 2 aliphatic heterocycles. The predicted octanol–water partition coefficient (Wildman–Crippen LogP) is 1.77. The summed E-state index contributed by atoms with van der Waals surface area (Å²) in [6, 6.07) is 7.82. The van der Waals surface area contributed by atoms with Crippen LogP contribution in [0.2, 0.25) is 0 Å². The molecular weight excluding hydrogens is 256 g/mol. The number of para-hydroxylation sites is 1. The summed E-state index contributed by atoms with van der Waals surface area (Å²) in [5.41, 5.74) is 0.871. The molecule has 0 radical (unpaired) electrons. The van der Waals surface area contributed by atoms with E-state index in [-0.39, 0.29) is 11.6 Å². The van der Waals surface area contributed by atoms with Gasteiger partial charge >= 0.3 is 6.09 Å². The maximum atomic E-state index is 12.1. The Bertz CT molecular complexity index is 498. The molecule has 2 heterocycles. The molecule has 1 spiro atoms. The topological polar surface area (TPSA) is 50.8 Å². The molecule has 2 aliphatic rings. The van der Waals surface area contributed by atoms with Gasteiger partial charge in [-0.25, -0.2) is 4.79 Å². The number of hydrogen-bond donors (Lipinski definition) is 1. The highest BCUT2D eigenvalue weighted by Gasteiger charge is 2.47. The molecule has 5 nitrogen and oxygen atoms in total. The number of nitrogens with one attached hydrogen (secondary N) is 1. The zero-order chi connectivity index (χ0) is 14.0. The Morgan fingerprint density at radius 1 is 1.35 bits per heavy atom. The molecule has 1 amide bonds. The van der Waals surface area contributed by atoms with Crippen molar-refractivity contribution in [3.63, 3.8) is 0 Å². The Morgan fingerprint density at radius 2 is 2.10 bits per heavy atom. The first-order chi connectivity index (χ1) is 9.75. The highest BCUT2D eigenvalue weighted by Crippen LogP contribution is 2.35. The van der Waals surface area contributed by atoms with Gasteiger partial charge in [0.2, 0.25) is 0 Å². The van der Waals surface area contributed by atoms with Gasteiger partial charge in [-0.05, 0) is 32.0 Å². The van der Waals surface area contributed by atoms with Gasteiger partial charge in [0.25, 0.3) is 0 Å². The second kappa shape index (κ2) is 5.32. The number of methoxy groups -OCH3 is 1. The summed E-state index contributed by atoms with van der Waals surface area (Å²) in [4.78, 5) is 14.0. The number of cyclic esters (lactones) is 1. The summed E-state index contributed by atoms with van der Waals surface area (Å²) in [6.07, 6.45) is 1.67. The zero-order valence-electron chi connectivity index (χ0n) is 11.7. The molecular formula is C15H20N2O3. The van der Waals surface area contributed by atoms with Gasteiger partial charge in [-0.1, -0.05) is 18.2 Å². The Hall–Kier alpha value is -1.75. The van der Waals surface area contributed by atoms with Gasteiger partial charge < -0.3 is 14.8 Å². The molecule has 1 aromatic rings. The molecule has 0 aromatic heterocycles. The highest BCUT2D eigenvalue weighted by molar-refractivity contribution is 5.71. The van der Waals surface area contributed by atoms with E-state index < -0.39 is 0 Å². The second-order valence-corrected chi connectivity index (χ2v) is 5.43. The molecule has 0 saturated carbocycles. The first-order valence-corrected chi connectivity index (χ1v) is 7.02. The van der Waals surface area contributed by atoms with E-state index >= 15 is 0 Å². The first-order valence-electron chi connectivity index (χ1n) is 7.02. The number of carbonyl (C=O) groups is 1. The van der Waals surface area contributed by atoms with Crippen LogP contribution in [0.25, 0.3) is 0 Å². The molecule has 0 bridgehead atoms. The number of nitrogens with zero attached hydrogens (tertiary/aromatic N) is 1. The van der Waals surface area contributed by atoms with Crippen molar-refractivity contribution in [3.8, 4) is 5.75 Å². The fraction of sp³-hybridized carbons (Fsp3) is 0.533. The van der Waals surface area contributed by atoms with Crippen LogP contribution in [0.4, 0.5) is 4.79 Å².